The number of carbonyl (C=O) groups is 1. The highest BCUT2D eigenvalue weighted by Crippen LogP contribution is 2.23. The Bertz CT molecular complexity index is 592. The second kappa shape index (κ2) is 7.63. The third-order valence-electron chi connectivity index (χ3n) is 2.87. The molecule has 0 fully saturated rings. The number of hydrogen-bond acceptors (Lipinski definition) is 3. The van der Waals surface area contributed by atoms with Gasteiger partial charge in [0.1, 0.15) is 6.54 Å². The van der Waals surface area contributed by atoms with Gasteiger partial charge in [-0.25, -0.2) is 4.31 Å². The lowest BCUT2D eigenvalue weighted by Crippen LogP contribution is -2.44. The van der Waals surface area contributed by atoms with Gasteiger partial charge in [-0.15, -0.1) is 0 Å². The quantitative estimate of drug-likeness (QED) is 0.790. The smallest absolute Gasteiger partial charge is 0.324 e. The van der Waals surface area contributed by atoms with Crippen LogP contribution in [0.5, 0.6) is 0 Å². The number of nitrogens with zero attached hydrogens (tertiary/aromatic N) is 2. The second-order valence-corrected chi connectivity index (χ2v) is 6.96. The molecule has 0 aliphatic heterocycles. The number of benzene rings is 1. The summed E-state index contributed by atoms with van der Waals surface area (Å²) in [6.07, 6.45) is 1.54. The molecule has 0 saturated carbocycles. The zero-order valence-corrected chi connectivity index (χ0v) is 13.6. The van der Waals surface area contributed by atoms with E-state index in [1.54, 1.807) is 12.1 Å². The Balaban J connectivity index is 3.15. The van der Waals surface area contributed by atoms with Crippen molar-refractivity contribution in [3.63, 3.8) is 0 Å². The molecule has 0 atom stereocenters. The zero-order chi connectivity index (χ0) is 16.0. The summed E-state index contributed by atoms with van der Waals surface area (Å²) in [6.45, 7) is 1.63. The van der Waals surface area contributed by atoms with Crippen molar-refractivity contribution in [3.8, 4) is 0 Å². The van der Waals surface area contributed by atoms with Gasteiger partial charge in [-0.2, -0.15) is 12.7 Å². The summed E-state index contributed by atoms with van der Waals surface area (Å²) >= 11 is 5.86. The van der Waals surface area contributed by atoms with Crippen LogP contribution in [0.2, 0.25) is 5.02 Å². The zero-order valence-electron chi connectivity index (χ0n) is 12.0. The van der Waals surface area contributed by atoms with E-state index in [1.165, 1.54) is 19.2 Å². The molecule has 1 rings (SSSR count). The maximum Gasteiger partial charge on any atom is 0.324 e. The van der Waals surface area contributed by atoms with E-state index in [-0.39, 0.29) is 5.69 Å². The minimum atomic E-state index is -3.91. The molecule has 8 heteroatoms. The SMILES string of the molecule is CCCCN(C)S(=O)(=O)N(CC(=O)O)c1cccc(Cl)c1. The molecule has 6 nitrogen and oxygen atoms in total. The largest absolute Gasteiger partial charge is 0.480 e. The van der Waals surface area contributed by atoms with Crippen molar-refractivity contribution in [2.24, 2.45) is 0 Å². The van der Waals surface area contributed by atoms with E-state index < -0.39 is 22.7 Å². The van der Waals surface area contributed by atoms with Crippen LogP contribution in [0, 0.1) is 0 Å². The Labute approximate surface area is 130 Å². The topological polar surface area (TPSA) is 77.9 Å². The molecule has 0 aliphatic rings. The van der Waals surface area contributed by atoms with Gasteiger partial charge in [0.2, 0.25) is 0 Å². The Kier molecular flexibility index (Phi) is 6.44. The van der Waals surface area contributed by atoms with E-state index in [0.29, 0.717) is 18.0 Å². The maximum atomic E-state index is 12.5. The molecule has 1 N–H and O–H groups in total. The van der Waals surface area contributed by atoms with Crippen LogP contribution in [0.1, 0.15) is 19.8 Å². The number of unbranched alkanes of at least 4 members (excludes halogenated alkanes) is 1. The number of aliphatic carboxylic acids is 1. The van der Waals surface area contributed by atoms with Crippen molar-refractivity contribution in [1.29, 1.82) is 0 Å². The molecular formula is C13H19ClN2O4S. The van der Waals surface area contributed by atoms with Crippen LogP contribution >= 0.6 is 11.6 Å². The lowest BCUT2D eigenvalue weighted by Gasteiger charge is -2.28. The van der Waals surface area contributed by atoms with Crippen LogP contribution in [0.3, 0.4) is 0 Å². The summed E-state index contributed by atoms with van der Waals surface area (Å²) < 4.78 is 27.1. The first-order valence-corrected chi connectivity index (χ1v) is 8.28. The number of rotatable bonds is 8. The van der Waals surface area contributed by atoms with E-state index in [4.69, 9.17) is 16.7 Å². The fourth-order valence-corrected chi connectivity index (χ4v) is 3.26. The first-order valence-electron chi connectivity index (χ1n) is 6.50. The summed E-state index contributed by atoms with van der Waals surface area (Å²) in [5.74, 6) is -1.23. The van der Waals surface area contributed by atoms with Gasteiger partial charge in [0, 0.05) is 18.6 Å². The molecule has 0 heterocycles. The lowest BCUT2D eigenvalue weighted by atomic mass is 10.3. The average molecular weight is 335 g/mol. The van der Waals surface area contributed by atoms with Gasteiger partial charge >= 0.3 is 16.2 Å². The molecule has 1 aromatic carbocycles. The molecule has 0 radical (unpaired) electrons. The minimum absolute atomic E-state index is 0.230. The standard InChI is InChI=1S/C13H19ClN2O4S/c1-3-4-8-15(2)21(19,20)16(10-13(17)18)12-7-5-6-11(14)9-12/h5-7,9H,3-4,8,10H2,1-2H3,(H,17,18). The summed E-state index contributed by atoms with van der Waals surface area (Å²) in [5.41, 5.74) is 0.230. The van der Waals surface area contributed by atoms with E-state index in [2.05, 4.69) is 0 Å². The van der Waals surface area contributed by atoms with Gasteiger partial charge in [0.15, 0.2) is 0 Å². The van der Waals surface area contributed by atoms with Crippen molar-refractivity contribution in [3.05, 3.63) is 29.3 Å². The molecule has 0 spiro atoms. The van der Waals surface area contributed by atoms with Crippen LogP contribution in [-0.4, -0.2) is 43.9 Å². The van der Waals surface area contributed by atoms with Gasteiger partial charge in [0.25, 0.3) is 0 Å². The van der Waals surface area contributed by atoms with Crippen molar-refractivity contribution in [2.45, 2.75) is 19.8 Å². The molecule has 118 valence electrons. The van der Waals surface area contributed by atoms with Gasteiger partial charge in [-0.1, -0.05) is 31.0 Å². The lowest BCUT2D eigenvalue weighted by molar-refractivity contribution is -0.135. The van der Waals surface area contributed by atoms with Crippen LogP contribution in [0.4, 0.5) is 5.69 Å². The van der Waals surface area contributed by atoms with Crippen molar-refractivity contribution in [1.82, 2.24) is 4.31 Å². The molecular weight excluding hydrogens is 316 g/mol. The fourth-order valence-electron chi connectivity index (χ4n) is 1.72. The van der Waals surface area contributed by atoms with E-state index in [9.17, 15) is 13.2 Å². The first-order chi connectivity index (χ1) is 9.78. The molecule has 1 aromatic rings. The predicted octanol–water partition coefficient (Wildman–Crippen LogP) is 2.21. The van der Waals surface area contributed by atoms with Gasteiger partial charge in [0.05, 0.1) is 5.69 Å². The Hall–Kier alpha value is -1.31. The van der Waals surface area contributed by atoms with E-state index in [1.807, 2.05) is 6.92 Å². The molecule has 0 aromatic heterocycles. The normalized spacial score (nSPS) is 11.6. The van der Waals surface area contributed by atoms with Crippen molar-refractivity contribution in [2.75, 3.05) is 24.4 Å². The highest BCUT2D eigenvalue weighted by molar-refractivity contribution is 7.90. The number of halogens is 1. The van der Waals surface area contributed by atoms with Crippen molar-refractivity contribution < 1.29 is 18.3 Å². The Morgan fingerprint density at radius 1 is 1.38 bits per heavy atom. The summed E-state index contributed by atoms with van der Waals surface area (Å²) in [5, 5.41) is 9.32. The molecule has 21 heavy (non-hydrogen) atoms. The number of carboxylic acids is 1. The third kappa shape index (κ3) is 4.87. The van der Waals surface area contributed by atoms with Crippen LogP contribution in [0.15, 0.2) is 24.3 Å². The highest BCUT2D eigenvalue weighted by Gasteiger charge is 2.29. The Morgan fingerprint density at radius 2 is 2.05 bits per heavy atom. The van der Waals surface area contributed by atoms with Gasteiger partial charge in [-0.05, 0) is 24.6 Å². The van der Waals surface area contributed by atoms with Crippen LogP contribution in [0.25, 0.3) is 0 Å². The predicted molar refractivity (Wildman–Crippen MR) is 82.9 cm³/mol. The van der Waals surface area contributed by atoms with Crippen LogP contribution in [-0.2, 0) is 15.0 Å². The summed E-state index contributed by atoms with van der Waals surface area (Å²) in [7, 11) is -2.48. The van der Waals surface area contributed by atoms with Gasteiger partial charge < -0.3 is 5.11 Å². The van der Waals surface area contributed by atoms with Crippen molar-refractivity contribution >= 4 is 33.5 Å². The number of hydrogen-bond donors (Lipinski definition) is 1. The highest BCUT2D eigenvalue weighted by atomic mass is 35.5. The molecule has 0 amide bonds. The van der Waals surface area contributed by atoms with Crippen LogP contribution < -0.4 is 4.31 Å². The van der Waals surface area contributed by atoms with E-state index >= 15 is 0 Å². The number of carboxylic acid groups (broad SMARTS) is 1. The first kappa shape index (κ1) is 17.7. The summed E-state index contributed by atoms with van der Waals surface area (Å²) in [4.78, 5) is 11.0. The molecule has 0 saturated heterocycles. The molecule has 0 bridgehead atoms. The molecule has 0 aliphatic carbocycles. The Morgan fingerprint density at radius 3 is 2.57 bits per heavy atom. The average Bonchev–Trinajstić information content (AvgIpc) is 2.41. The van der Waals surface area contributed by atoms with E-state index in [0.717, 1.165) is 15.0 Å². The molecule has 0 unspecified atom stereocenters. The summed E-state index contributed by atoms with van der Waals surface area (Å²) in [6, 6.07) is 6.11. The minimum Gasteiger partial charge on any atom is -0.480 e. The van der Waals surface area contributed by atoms with Gasteiger partial charge in [-0.3, -0.25) is 4.79 Å². The third-order valence-corrected chi connectivity index (χ3v) is 4.98. The second-order valence-electron chi connectivity index (χ2n) is 4.56. The maximum absolute atomic E-state index is 12.5. The fraction of sp³-hybridized carbons (Fsp3) is 0.462. The number of anilines is 1. The monoisotopic (exact) mass is 334 g/mol.